The lowest BCUT2D eigenvalue weighted by molar-refractivity contribution is -0.139. The quantitative estimate of drug-likeness (QED) is 0.902. The first kappa shape index (κ1) is 16.1. The minimum atomic E-state index is 0.264. The molecule has 1 aromatic rings. The standard InChI is InChI=1S/C18H28N4O2/c1-13-11-24-12-14-10-21(8-9-22(13)14)18(23)7-6-17-15-4-2-3-5-16(15)19-20-17/h13-14H,2-12H2,1H3,(H,19,20)/t13-,14+/m0/s1. The molecule has 0 saturated carbocycles. The van der Waals surface area contributed by atoms with E-state index in [1.807, 2.05) is 4.90 Å². The van der Waals surface area contributed by atoms with E-state index < -0.39 is 0 Å². The van der Waals surface area contributed by atoms with E-state index in [-0.39, 0.29) is 5.91 Å². The average molecular weight is 332 g/mol. The summed E-state index contributed by atoms with van der Waals surface area (Å²) < 4.78 is 5.67. The van der Waals surface area contributed by atoms with Crippen molar-refractivity contribution in [2.75, 3.05) is 32.8 Å². The first-order valence-corrected chi connectivity index (χ1v) is 9.38. The second-order valence-electron chi connectivity index (χ2n) is 7.45. The maximum atomic E-state index is 12.6. The lowest BCUT2D eigenvalue weighted by atomic mass is 9.94. The molecule has 0 bridgehead atoms. The normalized spacial score (nSPS) is 27.6. The number of ether oxygens (including phenoxy) is 1. The van der Waals surface area contributed by atoms with Crippen molar-refractivity contribution in [3.63, 3.8) is 0 Å². The molecule has 0 radical (unpaired) electrons. The van der Waals surface area contributed by atoms with E-state index >= 15 is 0 Å². The Bertz CT molecular complexity index is 600. The molecular formula is C18H28N4O2. The van der Waals surface area contributed by atoms with Crippen LogP contribution in [0.4, 0.5) is 0 Å². The lowest BCUT2D eigenvalue weighted by Gasteiger charge is -2.47. The third kappa shape index (κ3) is 3.09. The van der Waals surface area contributed by atoms with Crippen molar-refractivity contribution in [3.8, 4) is 0 Å². The van der Waals surface area contributed by atoms with Crippen LogP contribution in [0.15, 0.2) is 0 Å². The molecule has 1 aliphatic carbocycles. The highest BCUT2D eigenvalue weighted by molar-refractivity contribution is 5.76. The largest absolute Gasteiger partial charge is 0.378 e. The molecule has 132 valence electrons. The molecule has 3 heterocycles. The number of nitrogens with one attached hydrogen (secondary N) is 1. The van der Waals surface area contributed by atoms with Crippen LogP contribution in [0.2, 0.25) is 0 Å². The van der Waals surface area contributed by atoms with Crippen LogP contribution in [-0.2, 0) is 28.8 Å². The number of fused-ring (bicyclic) bond motifs is 2. The van der Waals surface area contributed by atoms with Crippen molar-refractivity contribution in [2.24, 2.45) is 0 Å². The predicted octanol–water partition coefficient (Wildman–Crippen LogP) is 1.15. The van der Waals surface area contributed by atoms with E-state index in [0.29, 0.717) is 18.5 Å². The summed E-state index contributed by atoms with van der Waals surface area (Å²) in [5.74, 6) is 0.264. The zero-order valence-corrected chi connectivity index (χ0v) is 14.6. The topological polar surface area (TPSA) is 61.5 Å². The van der Waals surface area contributed by atoms with Crippen molar-refractivity contribution in [2.45, 2.75) is 57.5 Å². The highest BCUT2D eigenvalue weighted by atomic mass is 16.5. The number of piperazine rings is 1. The van der Waals surface area contributed by atoms with Crippen LogP contribution < -0.4 is 0 Å². The molecule has 0 aromatic carbocycles. The van der Waals surface area contributed by atoms with Crippen LogP contribution >= 0.6 is 0 Å². The van der Waals surface area contributed by atoms with E-state index in [1.54, 1.807) is 0 Å². The number of aromatic amines is 1. The number of amides is 1. The van der Waals surface area contributed by atoms with Gasteiger partial charge in [0.1, 0.15) is 0 Å². The molecule has 0 unspecified atom stereocenters. The van der Waals surface area contributed by atoms with Crippen molar-refractivity contribution in [1.29, 1.82) is 0 Å². The third-order valence-corrected chi connectivity index (χ3v) is 5.83. The number of hydrogen-bond donors (Lipinski definition) is 1. The van der Waals surface area contributed by atoms with Gasteiger partial charge in [0.05, 0.1) is 24.9 Å². The molecule has 1 amide bonds. The fourth-order valence-corrected chi connectivity index (χ4v) is 4.43. The summed E-state index contributed by atoms with van der Waals surface area (Å²) in [5.41, 5.74) is 3.80. The number of aryl methyl sites for hydroxylation is 2. The number of hydrogen-bond acceptors (Lipinski definition) is 4. The molecule has 2 saturated heterocycles. The number of morpholine rings is 1. The maximum absolute atomic E-state index is 12.6. The minimum Gasteiger partial charge on any atom is -0.378 e. The minimum absolute atomic E-state index is 0.264. The van der Waals surface area contributed by atoms with Gasteiger partial charge in [-0.25, -0.2) is 0 Å². The second-order valence-corrected chi connectivity index (χ2v) is 7.45. The molecule has 2 fully saturated rings. The number of nitrogens with zero attached hydrogens (tertiary/aromatic N) is 3. The molecule has 2 aliphatic heterocycles. The Morgan fingerprint density at radius 2 is 2.17 bits per heavy atom. The Morgan fingerprint density at radius 1 is 1.29 bits per heavy atom. The van der Waals surface area contributed by atoms with E-state index in [0.717, 1.165) is 57.8 Å². The molecule has 3 aliphatic rings. The van der Waals surface area contributed by atoms with Gasteiger partial charge in [0.15, 0.2) is 0 Å². The molecule has 1 N–H and O–H groups in total. The summed E-state index contributed by atoms with van der Waals surface area (Å²) in [4.78, 5) is 17.2. The second kappa shape index (κ2) is 6.84. The van der Waals surface area contributed by atoms with Crippen molar-refractivity contribution < 1.29 is 9.53 Å². The molecule has 1 aromatic heterocycles. The Kier molecular flexibility index (Phi) is 4.59. The molecule has 24 heavy (non-hydrogen) atoms. The van der Waals surface area contributed by atoms with Crippen LogP contribution in [0.3, 0.4) is 0 Å². The Labute approximate surface area is 143 Å². The Balaban J connectivity index is 1.33. The Morgan fingerprint density at radius 3 is 3.08 bits per heavy atom. The van der Waals surface area contributed by atoms with Gasteiger partial charge in [0.25, 0.3) is 0 Å². The van der Waals surface area contributed by atoms with Gasteiger partial charge in [0, 0.05) is 44.2 Å². The van der Waals surface area contributed by atoms with Crippen LogP contribution in [0.1, 0.15) is 43.1 Å². The van der Waals surface area contributed by atoms with E-state index in [1.165, 1.54) is 24.1 Å². The van der Waals surface area contributed by atoms with Gasteiger partial charge in [-0.15, -0.1) is 0 Å². The SMILES string of the molecule is C[C@H]1COC[C@H]2CN(C(=O)CCc3n[nH]c4c3CCCC4)CCN21. The van der Waals surface area contributed by atoms with Gasteiger partial charge in [-0.3, -0.25) is 14.8 Å². The van der Waals surface area contributed by atoms with Crippen molar-refractivity contribution in [1.82, 2.24) is 20.0 Å². The van der Waals surface area contributed by atoms with E-state index in [9.17, 15) is 4.79 Å². The first-order valence-electron chi connectivity index (χ1n) is 9.38. The van der Waals surface area contributed by atoms with Gasteiger partial charge in [-0.1, -0.05) is 0 Å². The van der Waals surface area contributed by atoms with Gasteiger partial charge in [-0.2, -0.15) is 5.10 Å². The number of carbonyl (C=O) groups excluding carboxylic acids is 1. The van der Waals surface area contributed by atoms with Crippen LogP contribution in [0.25, 0.3) is 0 Å². The van der Waals surface area contributed by atoms with Gasteiger partial charge in [0.2, 0.25) is 5.91 Å². The van der Waals surface area contributed by atoms with Gasteiger partial charge < -0.3 is 9.64 Å². The smallest absolute Gasteiger partial charge is 0.223 e. The summed E-state index contributed by atoms with van der Waals surface area (Å²) in [6.07, 6.45) is 6.06. The summed E-state index contributed by atoms with van der Waals surface area (Å²) in [7, 11) is 0. The zero-order valence-electron chi connectivity index (χ0n) is 14.6. The fraction of sp³-hybridized carbons (Fsp3) is 0.778. The predicted molar refractivity (Wildman–Crippen MR) is 90.9 cm³/mol. The molecule has 0 spiro atoms. The number of H-pyrrole nitrogens is 1. The molecule has 2 atom stereocenters. The lowest BCUT2D eigenvalue weighted by Crippen LogP contribution is -2.62. The maximum Gasteiger partial charge on any atom is 0.223 e. The van der Waals surface area contributed by atoms with E-state index in [2.05, 4.69) is 22.0 Å². The zero-order chi connectivity index (χ0) is 16.5. The first-order chi connectivity index (χ1) is 11.7. The van der Waals surface area contributed by atoms with E-state index in [4.69, 9.17) is 4.74 Å². The molecule has 6 heteroatoms. The van der Waals surface area contributed by atoms with Crippen LogP contribution in [0.5, 0.6) is 0 Å². The van der Waals surface area contributed by atoms with Crippen molar-refractivity contribution >= 4 is 5.91 Å². The van der Waals surface area contributed by atoms with Crippen LogP contribution in [-0.4, -0.2) is 70.8 Å². The summed E-state index contributed by atoms with van der Waals surface area (Å²) >= 11 is 0. The average Bonchev–Trinajstić information content (AvgIpc) is 3.03. The van der Waals surface area contributed by atoms with Crippen molar-refractivity contribution in [3.05, 3.63) is 17.0 Å². The van der Waals surface area contributed by atoms with Crippen LogP contribution in [0, 0.1) is 0 Å². The highest BCUT2D eigenvalue weighted by Gasteiger charge is 2.35. The van der Waals surface area contributed by atoms with Gasteiger partial charge in [-0.05, 0) is 38.2 Å². The third-order valence-electron chi connectivity index (χ3n) is 5.83. The molecule has 6 nitrogen and oxygen atoms in total. The summed E-state index contributed by atoms with van der Waals surface area (Å²) in [6, 6.07) is 0.834. The summed E-state index contributed by atoms with van der Waals surface area (Å²) in [6.45, 7) is 6.40. The highest BCUT2D eigenvalue weighted by Crippen LogP contribution is 2.24. The molecular weight excluding hydrogens is 304 g/mol. The Hall–Kier alpha value is -1.40. The summed E-state index contributed by atoms with van der Waals surface area (Å²) in [5, 5.41) is 7.64. The number of carbonyl (C=O) groups is 1. The number of aromatic nitrogens is 2. The fourth-order valence-electron chi connectivity index (χ4n) is 4.43. The molecule has 4 rings (SSSR count). The monoisotopic (exact) mass is 332 g/mol. The number of rotatable bonds is 3. The van der Waals surface area contributed by atoms with Gasteiger partial charge >= 0.3 is 0 Å².